The highest BCUT2D eigenvalue weighted by atomic mass is 16.5. The summed E-state index contributed by atoms with van der Waals surface area (Å²) in [5.74, 6) is 1.55. The van der Waals surface area contributed by atoms with Gasteiger partial charge in [0, 0.05) is 30.4 Å². The number of ether oxygens (including phenoxy) is 3. The van der Waals surface area contributed by atoms with Crippen molar-refractivity contribution in [3.8, 4) is 22.9 Å². The summed E-state index contributed by atoms with van der Waals surface area (Å²) in [6.45, 7) is 4.54. The van der Waals surface area contributed by atoms with E-state index in [1.807, 2.05) is 37.3 Å². The average molecular weight is 483 g/mol. The van der Waals surface area contributed by atoms with Gasteiger partial charge in [-0.25, -0.2) is 0 Å². The van der Waals surface area contributed by atoms with Crippen LogP contribution in [0.3, 0.4) is 0 Å². The molecule has 6 heteroatoms. The molecule has 0 radical (unpaired) electrons. The van der Waals surface area contributed by atoms with Gasteiger partial charge < -0.3 is 23.3 Å². The summed E-state index contributed by atoms with van der Waals surface area (Å²) >= 11 is 0. The number of benzene rings is 3. The number of hydrogen-bond donors (Lipinski definition) is 0. The number of aromatic nitrogens is 2. The highest BCUT2D eigenvalue weighted by Crippen LogP contribution is 2.46. The van der Waals surface area contributed by atoms with Gasteiger partial charge in [0.05, 0.1) is 43.1 Å². The first-order chi connectivity index (χ1) is 17.5. The summed E-state index contributed by atoms with van der Waals surface area (Å²) in [4.78, 5) is 13.9. The van der Waals surface area contributed by atoms with Crippen molar-refractivity contribution in [1.29, 1.82) is 0 Å². The van der Waals surface area contributed by atoms with Gasteiger partial charge in [0.1, 0.15) is 0 Å². The molecule has 5 rings (SSSR count). The maximum Gasteiger partial charge on any atom is 0.260 e. The van der Waals surface area contributed by atoms with Crippen LogP contribution in [0.2, 0.25) is 0 Å². The Balaban J connectivity index is 2.00. The van der Waals surface area contributed by atoms with Crippen molar-refractivity contribution >= 4 is 21.8 Å². The average Bonchev–Trinajstić information content (AvgIpc) is 3.27. The van der Waals surface area contributed by atoms with E-state index in [2.05, 4.69) is 47.9 Å². The summed E-state index contributed by atoms with van der Waals surface area (Å²) in [5, 5.41) is 1.45. The molecule has 5 aromatic rings. The first kappa shape index (κ1) is 23.5. The van der Waals surface area contributed by atoms with Gasteiger partial charge in [-0.1, -0.05) is 48.0 Å². The van der Waals surface area contributed by atoms with Crippen molar-refractivity contribution in [1.82, 2.24) is 9.13 Å². The van der Waals surface area contributed by atoms with E-state index in [1.165, 1.54) is 11.1 Å². The molecular weight excluding hydrogens is 452 g/mol. The molecule has 0 aliphatic heterocycles. The van der Waals surface area contributed by atoms with Gasteiger partial charge in [-0.05, 0) is 37.6 Å². The number of pyridine rings is 1. The standard InChI is InChI=1S/C30H30N2O4/c1-6-31-24-18-25(34-3)28(35-4)29(36-5)26(24)27-23(30(31)33)17-22(16-20-10-8-7-9-11-20)32(27)21-14-12-19(2)13-15-21/h7-15,17-18H,6,16H2,1-5H3. The van der Waals surface area contributed by atoms with Crippen molar-refractivity contribution in [3.63, 3.8) is 0 Å². The van der Waals surface area contributed by atoms with Crippen molar-refractivity contribution < 1.29 is 14.2 Å². The molecule has 0 saturated carbocycles. The summed E-state index contributed by atoms with van der Waals surface area (Å²) in [6, 6.07) is 22.5. The van der Waals surface area contributed by atoms with Gasteiger partial charge in [0.25, 0.3) is 5.56 Å². The first-order valence-electron chi connectivity index (χ1n) is 12.0. The van der Waals surface area contributed by atoms with Crippen LogP contribution in [0.25, 0.3) is 27.5 Å². The minimum Gasteiger partial charge on any atom is -0.493 e. The van der Waals surface area contributed by atoms with Crippen LogP contribution in [0.5, 0.6) is 17.2 Å². The Bertz CT molecular complexity index is 1610. The second-order valence-corrected chi connectivity index (χ2v) is 8.82. The van der Waals surface area contributed by atoms with E-state index in [0.717, 1.165) is 27.8 Å². The Morgan fingerprint density at radius 3 is 2.14 bits per heavy atom. The molecule has 0 N–H and O–H groups in total. The predicted molar refractivity (Wildman–Crippen MR) is 144 cm³/mol. The van der Waals surface area contributed by atoms with Crippen molar-refractivity contribution in [2.45, 2.75) is 26.8 Å². The maximum absolute atomic E-state index is 13.9. The Kier molecular flexibility index (Phi) is 6.18. The van der Waals surface area contributed by atoms with Crippen LogP contribution in [0, 0.1) is 6.92 Å². The lowest BCUT2D eigenvalue weighted by Gasteiger charge is -2.19. The molecule has 0 saturated heterocycles. The minimum absolute atomic E-state index is 0.0468. The largest absolute Gasteiger partial charge is 0.493 e. The topological polar surface area (TPSA) is 54.6 Å². The molecule has 0 spiro atoms. The van der Waals surface area contributed by atoms with E-state index in [1.54, 1.807) is 25.9 Å². The molecule has 2 heterocycles. The molecule has 0 aliphatic carbocycles. The van der Waals surface area contributed by atoms with Crippen LogP contribution >= 0.6 is 0 Å². The molecule has 0 fully saturated rings. The Hall–Kier alpha value is -4.19. The first-order valence-corrected chi connectivity index (χ1v) is 12.0. The Morgan fingerprint density at radius 2 is 1.53 bits per heavy atom. The number of nitrogens with zero attached hydrogens (tertiary/aromatic N) is 2. The lowest BCUT2D eigenvalue weighted by molar-refractivity contribution is 0.327. The van der Waals surface area contributed by atoms with Gasteiger partial charge in [-0.2, -0.15) is 0 Å². The predicted octanol–water partition coefficient (Wildman–Crippen LogP) is 5.89. The van der Waals surface area contributed by atoms with E-state index in [-0.39, 0.29) is 5.56 Å². The molecule has 184 valence electrons. The molecule has 0 amide bonds. The molecule has 0 bridgehead atoms. The van der Waals surface area contributed by atoms with Crippen LogP contribution < -0.4 is 19.8 Å². The van der Waals surface area contributed by atoms with Crippen LogP contribution in [0.4, 0.5) is 0 Å². The van der Waals surface area contributed by atoms with Gasteiger partial charge in [-0.15, -0.1) is 0 Å². The molecule has 3 aromatic carbocycles. The van der Waals surface area contributed by atoms with E-state index in [9.17, 15) is 4.79 Å². The van der Waals surface area contributed by atoms with Crippen LogP contribution in [-0.2, 0) is 13.0 Å². The number of aryl methyl sites for hydroxylation is 2. The van der Waals surface area contributed by atoms with Crippen molar-refractivity contribution in [3.05, 3.63) is 93.9 Å². The van der Waals surface area contributed by atoms with E-state index in [0.29, 0.717) is 35.6 Å². The number of hydrogen-bond acceptors (Lipinski definition) is 4. The number of methoxy groups -OCH3 is 3. The third-order valence-electron chi connectivity index (χ3n) is 6.73. The highest BCUT2D eigenvalue weighted by molar-refractivity contribution is 6.10. The Labute approximate surface area is 210 Å². The number of fused-ring (bicyclic) bond motifs is 3. The summed E-state index contributed by atoms with van der Waals surface area (Å²) < 4.78 is 21.3. The monoisotopic (exact) mass is 482 g/mol. The summed E-state index contributed by atoms with van der Waals surface area (Å²) in [6.07, 6.45) is 0.673. The van der Waals surface area contributed by atoms with Crippen LogP contribution in [0.1, 0.15) is 23.7 Å². The zero-order valence-corrected chi connectivity index (χ0v) is 21.3. The van der Waals surface area contributed by atoms with Crippen LogP contribution in [-0.4, -0.2) is 30.5 Å². The highest BCUT2D eigenvalue weighted by Gasteiger charge is 2.25. The molecule has 36 heavy (non-hydrogen) atoms. The molecular formula is C30H30N2O4. The van der Waals surface area contributed by atoms with Gasteiger partial charge in [-0.3, -0.25) is 4.79 Å². The maximum atomic E-state index is 13.9. The summed E-state index contributed by atoms with van der Waals surface area (Å²) in [5.41, 5.74) is 5.82. The van der Waals surface area contributed by atoms with E-state index >= 15 is 0 Å². The third-order valence-corrected chi connectivity index (χ3v) is 6.73. The lowest BCUT2D eigenvalue weighted by atomic mass is 10.1. The van der Waals surface area contributed by atoms with Gasteiger partial charge in [0.15, 0.2) is 11.5 Å². The fourth-order valence-electron chi connectivity index (χ4n) is 5.05. The quantitative estimate of drug-likeness (QED) is 0.290. The summed E-state index contributed by atoms with van der Waals surface area (Å²) in [7, 11) is 4.80. The molecule has 0 atom stereocenters. The lowest BCUT2D eigenvalue weighted by Crippen LogP contribution is -2.20. The zero-order valence-electron chi connectivity index (χ0n) is 21.3. The fraction of sp³-hybridized carbons (Fsp3) is 0.233. The molecule has 2 aromatic heterocycles. The second kappa shape index (κ2) is 9.46. The van der Waals surface area contributed by atoms with Crippen LogP contribution in [0.15, 0.2) is 71.5 Å². The number of rotatable bonds is 7. The second-order valence-electron chi connectivity index (χ2n) is 8.82. The SMILES string of the molecule is CCn1c(=O)c2cc(Cc3ccccc3)n(-c3ccc(C)cc3)c2c2c(OC)c(OC)c(OC)cc21. The molecule has 0 unspecified atom stereocenters. The van der Waals surface area contributed by atoms with Crippen molar-refractivity contribution in [2.75, 3.05) is 21.3 Å². The fourth-order valence-corrected chi connectivity index (χ4v) is 5.05. The van der Waals surface area contributed by atoms with Gasteiger partial charge in [0.2, 0.25) is 5.75 Å². The third kappa shape index (κ3) is 3.70. The zero-order chi connectivity index (χ0) is 25.4. The minimum atomic E-state index is -0.0468. The van der Waals surface area contributed by atoms with Gasteiger partial charge >= 0.3 is 0 Å². The van der Waals surface area contributed by atoms with E-state index < -0.39 is 0 Å². The Morgan fingerprint density at radius 1 is 0.833 bits per heavy atom. The molecule has 0 aliphatic rings. The van der Waals surface area contributed by atoms with Crippen molar-refractivity contribution in [2.24, 2.45) is 0 Å². The molecule has 6 nitrogen and oxygen atoms in total. The normalized spacial score (nSPS) is 11.2. The smallest absolute Gasteiger partial charge is 0.260 e. The van der Waals surface area contributed by atoms with E-state index in [4.69, 9.17) is 14.2 Å².